The van der Waals surface area contributed by atoms with Crippen molar-refractivity contribution in [2.45, 2.75) is 45.3 Å². The third kappa shape index (κ3) is 5.48. The minimum atomic E-state index is -0.262. The van der Waals surface area contributed by atoms with E-state index in [1.165, 1.54) is 6.26 Å². The van der Waals surface area contributed by atoms with Crippen LogP contribution in [-0.4, -0.2) is 54.0 Å². The predicted molar refractivity (Wildman–Crippen MR) is 103 cm³/mol. The number of carbonyl (C=O) groups is 2. The fraction of sp³-hybridized carbons (Fsp3) is 0.524. The van der Waals surface area contributed by atoms with E-state index in [2.05, 4.69) is 6.92 Å². The quantitative estimate of drug-likeness (QED) is 0.624. The minimum Gasteiger partial charge on any atom is -0.467 e. The van der Waals surface area contributed by atoms with E-state index in [1.54, 1.807) is 34.3 Å². The SMILES string of the molecule is CCCCN(CC(=O)N(Cc1ccco1)CC1CCCO1)C(=O)c1ccco1. The third-order valence-electron chi connectivity index (χ3n) is 4.85. The second-order valence-corrected chi connectivity index (χ2v) is 7.05. The zero-order chi connectivity index (χ0) is 19.8. The van der Waals surface area contributed by atoms with Crippen molar-refractivity contribution in [2.24, 2.45) is 0 Å². The minimum absolute atomic E-state index is 0.00691. The number of unbranched alkanes of at least 4 members (excludes halogenated alkanes) is 1. The molecule has 28 heavy (non-hydrogen) atoms. The van der Waals surface area contributed by atoms with E-state index in [0.717, 1.165) is 32.3 Å². The van der Waals surface area contributed by atoms with Crippen molar-refractivity contribution >= 4 is 11.8 Å². The van der Waals surface area contributed by atoms with E-state index in [-0.39, 0.29) is 30.2 Å². The molecule has 1 unspecified atom stereocenters. The van der Waals surface area contributed by atoms with Crippen molar-refractivity contribution in [3.8, 4) is 0 Å². The van der Waals surface area contributed by atoms with Gasteiger partial charge in [-0.3, -0.25) is 9.59 Å². The van der Waals surface area contributed by atoms with E-state index >= 15 is 0 Å². The molecule has 2 aromatic heterocycles. The summed E-state index contributed by atoms with van der Waals surface area (Å²) >= 11 is 0. The molecule has 7 heteroatoms. The Morgan fingerprint density at radius 3 is 2.61 bits per heavy atom. The van der Waals surface area contributed by atoms with Crippen LogP contribution in [0.15, 0.2) is 45.6 Å². The van der Waals surface area contributed by atoms with Crippen molar-refractivity contribution in [3.05, 3.63) is 48.3 Å². The summed E-state index contributed by atoms with van der Waals surface area (Å²) in [5.41, 5.74) is 0. The van der Waals surface area contributed by atoms with Crippen molar-refractivity contribution in [2.75, 3.05) is 26.2 Å². The molecule has 2 aromatic rings. The normalized spacial score (nSPS) is 16.2. The molecule has 0 aromatic carbocycles. The smallest absolute Gasteiger partial charge is 0.290 e. The standard InChI is InChI=1S/C21H28N2O5/c1-2-3-10-22(21(25)19-9-6-13-28-19)16-20(24)23(14-17-7-4-11-26-17)15-18-8-5-12-27-18/h4,6-7,9,11,13,18H,2-3,5,8,10,12,14-16H2,1H3. The topological polar surface area (TPSA) is 76.1 Å². The van der Waals surface area contributed by atoms with Gasteiger partial charge in [0.1, 0.15) is 12.3 Å². The number of ether oxygens (including phenoxy) is 1. The molecule has 3 heterocycles. The molecule has 0 bridgehead atoms. The van der Waals surface area contributed by atoms with Gasteiger partial charge in [-0.25, -0.2) is 0 Å². The van der Waals surface area contributed by atoms with Crippen LogP contribution in [0.1, 0.15) is 48.9 Å². The number of carbonyl (C=O) groups excluding carboxylic acids is 2. The Kier molecular flexibility index (Phi) is 7.31. The van der Waals surface area contributed by atoms with Gasteiger partial charge >= 0.3 is 0 Å². The van der Waals surface area contributed by atoms with Gasteiger partial charge in [-0.05, 0) is 43.5 Å². The molecule has 0 aliphatic carbocycles. The lowest BCUT2D eigenvalue weighted by molar-refractivity contribution is -0.134. The van der Waals surface area contributed by atoms with E-state index in [4.69, 9.17) is 13.6 Å². The van der Waals surface area contributed by atoms with Gasteiger partial charge in [0, 0.05) is 19.7 Å². The first-order valence-electron chi connectivity index (χ1n) is 9.92. The molecule has 3 rings (SSSR count). The van der Waals surface area contributed by atoms with E-state index < -0.39 is 0 Å². The molecule has 2 amide bonds. The van der Waals surface area contributed by atoms with Gasteiger partial charge in [-0.1, -0.05) is 13.3 Å². The van der Waals surface area contributed by atoms with Gasteiger partial charge in [-0.2, -0.15) is 0 Å². The van der Waals surface area contributed by atoms with E-state index in [1.807, 2.05) is 6.07 Å². The van der Waals surface area contributed by atoms with Crippen LogP contribution in [0.3, 0.4) is 0 Å². The summed E-state index contributed by atoms with van der Waals surface area (Å²) in [6, 6.07) is 6.95. The molecule has 0 radical (unpaired) electrons. The van der Waals surface area contributed by atoms with Gasteiger partial charge in [0.2, 0.25) is 5.91 Å². The summed E-state index contributed by atoms with van der Waals surface area (Å²) in [5, 5.41) is 0. The molecule has 1 aliphatic rings. The largest absolute Gasteiger partial charge is 0.467 e. The average molecular weight is 388 g/mol. The fourth-order valence-corrected chi connectivity index (χ4v) is 3.30. The Morgan fingerprint density at radius 1 is 1.14 bits per heavy atom. The highest BCUT2D eigenvalue weighted by Gasteiger charge is 2.27. The molecule has 7 nitrogen and oxygen atoms in total. The molecule has 0 saturated carbocycles. The van der Waals surface area contributed by atoms with Crippen molar-refractivity contribution in [1.29, 1.82) is 0 Å². The van der Waals surface area contributed by atoms with Crippen molar-refractivity contribution in [1.82, 2.24) is 9.80 Å². The van der Waals surface area contributed by atoms with Gasteiger partial charge < -0.3 is 23.4 Å². The molecule has 1 saturated heterocycles. The van der Waals surface area contributed by atoms with Crippen LogP contribution in [-0.2, 0) is 16.1 Å². The Morgan fingerprint density at radius 2 is 1.96 bits per heavy atom. The summed E-state index contributed by atoms with van der Waals surface area (Å²) in [7, 11) is 0. The maximum absolute atomic E-state index is 13.1. The highest BCUT2D eigenvalue weighted by molar-refractivity contribution is 5.94. The van der Waals surface area contributed by atoms with Gasteiger partial charge in [-0.15, -0.1) is 0 Å². The van der Waals surface area contributed by atoms with Crippen LogP contribution in [0.5, 0.6) is 0 Å². The number of amides is 2. The lowest BCUT2D eigenvalue weighted by atomic mass is 10.2. The van der Waals surface area contributed by atoms with Gasteiger partial charge in [0.15, 0.2) is 5.76 Å². The molecular formula is C21H28N2O5. The van der Waals surface area contributed by atoms with E-state index in [9.17, 15) is 9.59 Å². The summed E-state index contributed by atoms with van der Waals surface area (Å²) in [5.74, 6) is 0.578. The predicted octanol–water partition coefficient (Wildman–Crippen LogP) is 3.32. The molecular weight excluding hydrogens is 360 g/mol. The zero-order valence-electron chi connectivity index (χ0n) is 16.3. The average Bonchev–Trinajstić information content (AvgIpc) is 3.47. The molecule has 0 N–H and O–H groups in total. The maximum Gasteiger partial charge on any atom is 0.290 e. The van der Waals surface area contributed by atoms with Crippen LogP contribution < -0.4 is 0 Å². The summed E-state index contributed by atoms with van der Waals surface area (Å²) in [4.78, 5) is 29.1. The fourth-order valence-electron chi connectivity index (χ4n) is 3.30. The monoisotopic (exact) mass is 388 g/mol. The number of furan rings is 2. The number of hydrogen-bond acceptors (Lipinski definition) is 5. The van der Waals surface area contributed by atoms with Crippen LogP contribution in [0, 0.1) is 0 Å². The first-order chi connectivity index (χ1) is 13.7. The molecule has 1 atom stereocenters. The zero-order valence-corrected chi connectivity index (χ0v) is 16.3. The third-order valence-corrected chi connectivity index (χ3v) is 4.85. The Hall–Kier alpha value is -2.54. The Balaban J connectivity index is 1.69. The molecule has 0 spiro atoms. The lowest BCUT2D eigenvalue weighted by Crippen LogP contribution is -2.45. The van der Waals surface area contributed by atoms with Crippen LogP contribution in [0.25, 0.3) is 0 Å². The number of rotatable bonds is 10. The van der Waals surface area contributed by atoms with Crippen LogP contribution in [0.2, 0.25) is 0 Å². The number of nitrogens with zero attached hydrogens (tertiary/aromatic N) is 2. The second kappa shape index (κ2) is 10.1. The molecule has 152 valence electrons. The summed E-state index contributed by atoms with van der Waals surface area (Å²) in [6.45, 7) is 4.16. The van der Waals surface area contributed by atoms with Crippen LogP contribution >= 0.6 is 0 Å². The first-order valence-corrected chi connectivity index (χ1v) is 9.92. The summed E-state index contributed by atoms with van der Waals surface area (Å²) < 4.78 is 16.4. The Bertz CT molecular complexity index is 720. The number of hydrogen-bond donors (Lipinski definition) is 0. The van der Waals surface area contributed by atoms with Crippen molar-refractivity contribution in [3.63, 3.8) is 0 Å². The van der Waals surface area contributed by atoms with Gasteiger partial charge in [0.05, 0.1) is 25.2 Å². The highest BCUT2D eigenvalue weighted by Crippen LogP contribution is 2.16. The maximum atomic E-state index is 13.1. The first kappa shape index (κ1) is 20.2. The Labute approximate surface area is 165 Å². The molecule has 1 aliphatic heterocycles. The second-order valence-electron chi connectivity index (χ2n) is 7.05. The summed E-state index contributed by atoms with van der Waals surface area (Å²) in [6.07, 6.45) is 6.79. The lowest BCUT2D eigenvalue weighted by Gasteiger charge is -2.28. The molecule has 1 fully saturated rings. The van der Waals surface area contributed by atoms with Gasteiger partial charge in [0.25, 0.3) is 5.91 Å². The van der Waals surface area contributed by atoms with Crippen molar-refractivity contribution < 1.29 is 23.2 Å². The van der Waals surface area contributed by atoms with Crippen LogP contribution in [0.4, 0.5) is 0 Å². The van der Waals surface area contributed by atoms with E-state index in [0.29, 0.717) is 25.4 Å². The highest BCUT2D eigenvalue weighted by atomic mass is 16.5.